The summed E-state index contributed by atoms with van der Waals surface area (Å²) in [6.07, 6.45) is 6.25. The van der Waals surface area contributed by atoms with Crippen LogP contribution in [0.25, 0.3) is 0 Å². The summed E-state index contributed by atoms with van der Waals surface area (Å²) < 4.78 is 0. The number of benzene rings is 2. The normalized spacial score (nSPS) is 14.5. The second-order valence-electron chi connectivity index (χ2n) is 6.20. The van der Waals surface area contributed by atoms with Gasteiger partial charge in [-0.3, -0.25) is 0 Å². The van der Waals surface area contributed by atoms with E-state index >= 15 is 0 Å². The van der Waals surface area contributed by atoms with E-state index in [1.54, 1.807) is 11.1 Å². The van der Waals surface area contributed by atoms with E-state index in [1.807, 2.05) is 0 Å². The van der Waals surface area contributed by atoms with Crippen LogP contribution in [0.3, 0.4) is 0 Å². The molecular weight excluding hydrogens is 240 g/mol. The Morgan fingerprint density at radius 1 is 1.00 bits per heavy atom. The lowest BCUT2D eigenvalue weighted by Gasteiger charge is -2.10. The molecule has 0 radical (unpaired) electrons. The van der Waals surface area contributed by atoms with E-state index in [4.69, 9.17) is 0 Å². The van der Waals surface area contributed by atoms with E-state index in [1.165, 1.54) is 42.4 Å². The fourth-order valence-electron chi connectivity index (χ4n) is 3.54. The van der Waals surface area contributed by atoms with Gasteiger partial charge in [-0.1, -0.05) is 49.4 Å². The number of fused-ring (bicyclic) bond motifs is 1. The van der Waals surface area contributed by atoms with Crippen LogP contribution in [0.4, 0.5) is 0 Å². The third kappa shape index (κ3) is 2.80. The summed E-state index contributed by atoms with van der Waals surface area (Å²) in [6, 6.07) is 16.0. The number of rotatable bonds is 4. The van der Waals surface area contributed by atoms with Crippen molar-refractivity contribution in [2.45, 2.75) is 46.0 Å². The zero-order valence-corrected chi connectivity index (χ0v) is 12.7. The average molecular weight is 264 g/mol. The van der Waals surface area contributed by atoms with E-state index in [0.717, 1.165) is 12.3 Å². The molecule has 0 saturated heterocycles. The summed E-state index contributed by atoms with van der Waals surface area (Å²) >= 11 is 0. The van der Waals surface area contributed by atoms with Gasteiger partial charge in [0, 0.05) is 0 Å². The van der Waals surface area contributed by atoms with Crippen molar-refractivity contribution in [2.24, 2.45) is 5.92 Å². The SMILES string of the molecule is CCc1ccc(CCC2Cc3ccccc3C2)cc1C. The molecule has 0 nitrogen and oxygen atoms in total. The Morgan fingerprint density at radius 3 is 2.30 bits per heavy atom. The number of hydrogen-bond donors (Lipinski definition) is 0. The zero-order chi connectivity index (χ0) is 13.9. The lowest BCUT2D eigenvalue weighted by Crippen LogP contribution is -2.02. The first-order chi connectivity index (χ1) is 9.76. The van der Waals surface area contributed by atoms with E-state index in [0.29, 0.717) is 0 Å². The molecule has 0 spiro atoms. The van der Waals surface area contributed by atoms with Crippen LogP contribution in [-0.4, -0.2) is 0 Å². The minimum atomic E-state index is 0.846. The van der Waals surface area contributed by atoms with Gasteiger partial charge in [-0.05, 0) is 72.8 Å². The molecule has 0 heteroatoms. The van der Waals surface area contributed by atoms with Crippen molar-refractivity contribution in [1.82, 2.24) is 0 Å². The Bertz CT molecular complexity index is 570. The molecule has 20 heavy (non-hydrogen) atoms. The lowest BCUT2D eigenvalue weighted by atomic mass is 9.95. The van der Waals surface area contributed by atoms with Crippen LogP contribution in [0, 0.1) is 12.8 Å². The fraction of sp³-hybridized carbons (Fsp3) is 0.400. The Morgan fingerprint density at radius 2 is 1.70 bits per heavy atom. The summed E-state index contributed by atoms with van der Waals surface area (Å²) in [4.78, 5) is 0. The summed E-state index contributed by atoms with van der Waals surface area (Å²) in [5.74, 6) is 0.846. The van der Waals surface area contributed by atoms with Gasteiger partial charge < -0.3 is 0 Å². The maximum absolute atomic E-state index is 2.39. The Kier molecular flexibility index (Phi) is 3.91. The van der Waals surface area contributed by atoms with Crippen LogP contribution in [0.2, 0.25) is 0 Å². The predicted molar refractivity (Wildman–Crippen MR) is 86.2 cm³/mol. The molecule has 2 aromatic carbocycles. The van der Waals surface area contributed by atoms with Crippen LogP contribution >= 0.6 is 0 Å². The molecule has 0 aromatic heterocycles. The van der Waals surface area contributed by atoms with Gasteiger partial charge >= 0.3 is 0 Å². The van der Waals surface area contributed by atoms with Crippen molar-refractivity contribution in [3.05, 3.63) is 70.3 Å². The minimum absolute atomic E-state index is 0.846. The molecule has 2 aromatic rings. The molecule has 0 amide bonds. The third-order valence-electron chi connectivity index (χ3n) is 4.76. The van der Waals surface area contributed by atoms with Gasteiger partial charge in [0.05, 0.1) is 0 Å². The van der Waals surface area contributed by atoms with E-state index in [9.17, 15) is 0 Å². The van der Waals surface area contributed by atoms with Crippen LogP contribution in [0.5, 0.6) is 0 Å². The molecule has 104 valence electrons. The topological polar surface area (TPSA) is 0 Å². The molecule has 0 aliphatic heterocycles. The van der Waals surface area contributed by atoms with Crippen LogP contribution in [0.15, 0.2) is 42.5 Å². The average Bonchev–Trinajstić information content (AvgIpc) is 2.88. The monoisotopic (exact) mass is 264 g/mol. The van der Waals surface area contributed by atoms with Crippen molar-refractivity contribution in [2.75, 3.05) is 0 Å². The molecule has 0 bridgehead atoms. The van der Waals surface area contributed by atoms with Crippen molar-refractivity contribution >= 4 is 0 Å². The first-order valence-electron chi connectivity index (χ1n) is 7.91. The van der Waals surface area contributed by atoms with Gasteiger partial charge in [0.1, 0.15) is 0 Å². The standard InChI is InChI=1S/C20H24/c1-3-18-11-10-16(12-15(18)2)8-9-17-13-19-6-4-5-7-20(19)14-17/h4-7,10-12,17H,3,8-9,13-14H2,1-2H3. The van der Waals surface area contributed by atoms with Crippen molar-refractivity contribution < 1.29 is 0 Å². The maximum Gasteiger partial charge on any atom is -0.0244 e. The molecule has 0 unspecified atom stereocenters. The van der Waals surface area contributed by atoms with Gasteiger partial charge in [-0.15, -0.1) is 0 Å². The Balaban J connectivity index is 1.60. The minimum Gasteiger partial charge on any atom is -0.0620 e. The largest absolute Gasteiger partial charge is 0.0620 e. The summed E-state index contributed by atoms with van der Waals surface area (Å²) in [5, 5.41) is 0. The second kappa shape index (κ2) is 5.83. The number of aryl methyl sites for hydroxylation is 3. The Labute approximate surface area is 122 Å². The fourth-order valence-corrected chi connectivity index (χ4v) is 3.54. The van der Waals surface area contributed by atoms with Crippen molar-refractivity contribution in [3.8, 4) is 0 Å². The highest BCUT2D eigenvalue weighted by Gasteiger charge is 2.20. The van der Waals surface area contributed by atoms with Crippen molar-refractivity contribution in [3.63, 3.8) is 0 Å². The molecular formula is C20H24. The summed E-state index contributed by atoms with van der Waals surface area (Å²) in [6.45, 7) is 4.48. The van der Waals surface area contributed by atoms with Gasteiger partial charge in [0.25, 0.3) is 0 Å². The highest BCUT2D eigenvalue weighted by molar-refractivity contribution is 5.33. The number of hydrogen-bond acceptors (Lipinski definition) is 0. The molecule has 0 N–H and O–H groups in total. The third-order valence-corrected chi connectivity index (χ3v) is 4.76. The molecule has 1 aliphatic carbocycles. The van der Waals surface area contributed by atoms with Gasteiger partial charge in [-0.25, -0.2) is 0 Å². The quantitative estimate of drug-likeness (QED) is 0.736. The summed E-state index contributed by atoms with van der Waals surface area (Å²) in [7, 11) is 0. The predicted octanol–water partition coefficient (Wildman–Crippen LogP) is 4.91. The molecule has 0 atom stereocenters. The van der Waals surface area contributed by atoms with E-state index in [2.05, 4.69) is 56.3 Å². The van der Waals surface area contributed by atoms with Crippen LogP contribution in [0.1, 0.15) is 41.2 Å². The van der Waals surface area contributed by atoms with Crippen LogP contribution in [-0.2, 0) is 25.7 Å². The van der Waals surface area contributed by atoms with E-state index in [-0.39, 0.29) is 0 Å². The molecule has 0 saturated carbocycles. The van der Waals surface area contributed by atoms with E-state index < -0.39 is 0 Å². The smallest absolute Gasteiger partial charge is 0.0244 e. The first-order valence-corrected chi connectivity index (χ1v) is 7.91. The zero-order valence-electron chi connectivity index (χ0n) is 12.7. The highest BCUT2D eigenvalue weighted by Crippen LogP contribution is 2.29. The maximum atomic E-state index is 2.39. The molecule has 0 heterocycles. The van der Waals surface area contributed by atoms with Gasteiger partial charge in [-0.2, -0.15) is 0 Å². The summed E-state index contributed by atoms with van der Waals surface area (Å²) in [5.41, 5.74) is 7.61. The lowest BCUT2D eigenvalue weighted by molar-refractivity contribution is 0.514. The van der Waals surface area contributed by atoms with Crippen LogP contribution < -0.4 is 0 Å². The Hall–Kier alpha value is -1.56. The highest BCUT2D eigenvalue weighted by atomic mass is 14.2. The second-order valence-corrected chi connectivity index (χ2v) is 6.20. The first kappa shape index (κ1) is 13.4. The van der Waals surface area contributed by atoms with Gasteiger partial charge in [0.15, 0.2) is 0 Å². The molecule has 3 rings (SSSR count). The molecule has 0 fully saturated rings. The molecule has 1 aliphatic rings. The van der Waals surface area contributed by atoms with Gasteiger partial charge in [0.2, 0.25) is 0 Å². The van der Waals surface area contributed by atoms with Crippen molar-refractivity contribution in [1.29, 1.82) is 0 Å².